The van der Waals surface area contributed by atoms with E-state index in [-0.39, 0.29) is 10.3 Å². The van der Waals surface area contributed by atoms with E-state index >= 15 is 0 Å². The van der Waals surface area contributed by atoms with Crippen LogP contribution in [-0.4, -0.2) is 10.4 Å². The molecule has 0 radical (unpaired) electrons. The number of carbonyl (C=O) groups is 1. The summed E-state index contributed by atoms with van der Waals surface area (Å²) in [4.78, 5) is 26.2. The second kappa shape index (κ2) is 7.12. The average molecular weight is 398 g/mol. The second-order valence-corrected chi connectivity index (χ2v) is 10.8. The average Bonchev–Trinajstić information content (AvgIpc) is 2.98. The van der Waals surface area contributed by atoms with Gasteiger partial charge in [-0.3, -0.25) is 14.2 Å². The summed E-state index contributed by atoms with van der Waals surface area (Å²) in [5.74, 6) is 2.70. The number of carbonyl (C=O) groups excluding carboxylic acids is 1. The molecule has 4 aliphatic rings. The van der Waals surface area contributed by atoms with Gasteiger partial charge in [-0.2, -0.15) is 0 Å². The SMILES string of the molecule is CCCCCCn1c(=O)sc2cc(C(=O)C34CC5CC(CC(C5)C3)C4)ccc21. The highest BCUT2D eigenvalue weighted by Gasteiger charge is 2.54. The number of benzene rings is 1. The number of unbranched alkanes of at least 4 members (excludes halogenated alkanes) is 3. The Balaban J connectivity index is 1.41. The number of aromatic nitrogens is 1. The minimum absolute atomic E-state index is 0.101. The fourth-order valence-corrected chi connectivity index (χ4v) is 7.77. The van der Waals surface area contributed by atoms with Crippen LogP contribution >= 0.6 is 11.3 Å². The van der Waals surface area contributed by atoms with Crippen LogP contribution in [0.5, 0.6) is 0 Å². The predicted molar refractivity (Wildman–Crippen MR) is 115 cm³/mol. The molecule has 4 fully saturated rings. The third-order valence-electron chi connectivity index (χ3n) is 7.69. The van der Waals surface area contributed by atoms with E-state index in [2.05, 4.69) is 6.92 Å². The molecule has 3 nitrogen and oxygen atoms in total. The summed E-state index contributed by atoms with van der Waals surface area (Å²) >= 11 is 1.31. The van der Waals surface area contributed by atoms with Crippen molar-refractivity contribution in [3.8, 4) is 0 Å². The Morgan fingerprint density at radius 3 is 2.39 bits per heavy atom. The molecular weight excluding hydrogens is 366 g/mol. The number of ketones is 1. The van der Waals surface area contributed by atoms with Crippen molar-refractivity contribution in [2.24, 2.45) is 23.2 Å². The monoisotopic (exact) mass is 397 g/mol. The lowest BCUT2D eigenvalue weighted by Crippen LogP contribution is -2.50. The van der Waals surface area contributed by atoms with Gasteiger partial charge >= 0.3 is 4.87 Å². The summed E-state index contributed by atoms with van der Waals surface area (Å²) in [6.07, 6.45) is 12.0. The number of hydrogen-bond donors (Lipinski definition) is 0. The third kappa shape index (κ3) is 3.08. The van der Waals surface area contributed by atoms with Gasteiger partial charge in [0.05, 0.1) is 10.2 Å². The highest BCUT2D eigenvalue weighted by atomic mass is 32.1. The largest absolute Gasteiger partial charge is 0.308 e. The van der Waals surface area contributed by atoms with Crippen LogP contribution in [0.25, 0.3) is 10.2 Å². The first-order valence-electron chi connectivity index (χ1n) is 11.3. The van der Waals surface area contributed by atoms with Crippen molar-refractivity contribution in [1.82, 2.24) is 4.57 Å². The van der Waals surface area contributed by atoms with Crippen LogP contribution in [0.2, 0.25) is 0 Å². The fourth-order valence-electron chi connectivity index (χ4n) is 6.81. The molecular formula is C24H31NO2S. The number of fused-ring (bicyclic) bond motifs is 1. The highest BCUT2D eigenvalue weighted by Crippen LogP contribution is 2.61. The van der Waals surface area contributed by atoms with Crippen molar-refractivity contribution < 1.29 is 4.79 Å². The van der Waals surface area contributed by atoms with Crippen LogP contribution in [0, 0.1) is 23.2 Å². The number of rotatable bonds is 7. The Morgan fingerprint density at radius 1 is 1.07 bits per heavy atom. The molecule has 0 aliphatic heterocycles. The van der Waals surface area contributed by atoms with Crippen LogP contribution in [0.1, 0.15) is 81.5 Å². The summed E-state index contributed by atoms with van der Waals surface area (Å²) in [5.41, 5.74) is 1.75. The van der Waals surface area contributed by atoms with Gasteiger partial charge in [-0.05, 0) is 80.9 Å². The molecule has 0 spiro atoms. The van der Waals surface area contributed by atoms with E-state index in [1.54, 1.807) is 0 Å². The van der Waals surface area contributed by atoms with Gasteiger partial charge < -0.3 is 0 Å². The smallest absolute Gasteiger partial charge is 0.299 e. The van der Waals surface area contributed by atoms with Gasteiger partial charge in [0.2, 0.25) is 0 Å². The van der Waals surface area contributed by atoms with Gasteiger partial charge in [0.15, 0.2) is 5.78 Å². The van der Waals surface area contributed by atoms with Gasteiger partial charge in [0.1, 0.15) is 0 Å². The molecule has 0 N–H and O–H groups in total. The topological polar surface area (TPSA) is 39.1 Å². The summed E-state index contributed by atoms with van der Waals surface area (Å²) in [7, 11) is 0. The quantitative estimate of drug-likeness (QED) is 0.422. The first-order chi connectivity index (χ1) is 13.6. The van der Waals surface area contributed by atoms with Gasteiger partial charge in [0.25, 0.3) is 0 Å². The van der Waals surface area contributed by atoms with E-state index in [0.29, 0.717) is 5.78 Å². The zero-order valence-electron chi connectivity index (χ0n) is 16.9. The van der Waals surface area contributed by atoms with Gasteiger partial charge in [0, 0.05) is 17.5 Å². The van der Waals surface area contributed by atoms with Gasteiger partial charge in [-0.1, -0.05) is 37.5 Å². The van der Waals surface area contributed by atoms with Crippen molar-refractivity contribution in [2.45, 2.75) is 77.7 Å². The number of thiazole rings is 1. The predicted octanol–water partition coefficient (Wildman–Crippen LogP) is 6.04. The maximum absolute atomic E-state index is 13.6. The summed E-state index contributed by atoms with van der Waals surface area (Å²) in [6.45, 7) is 3.00. The Morgan fingerprint density at radius 2 is 1.75 bits per heavy atom. The van der Waals surface area contributed by atoms with Crippen molar-refractivity contribution in [3.05, 3.63) is 33.4 Å². The Kier molecular flexibility index (Phi) is 4.73. The molecule has 0 saturated heterocycles. The number of aryl methyl sites for hydroxylation is 1. The molecule has 0 unspecified atom stereocenters. The normalized spacial score (nSPS) is 31.0. The highest BCUT2D eigenvalue weighted by molar-refractivity contribution is 7.16. The molecule has 6 rings (SSSR count). The molecule has 2 aromatic rings. The molecule has 1 aromatic carbocycles. The van der Waals surface area contributed by atoms with Gasteiger partial charge in [-0.25, -0.2) is 0 Å². The fraction of sp³-hybridized carbons (Fsp3) is 0.667. The summed E-state index contributed by atoms with van der Waals surface area (Å²) in [6, 6.07) is 6.05. The number of hydrogen-bond acceptors (Lipinski definition) is 3. The minimum atomic E-state index is -0.101. The zero-order chi connectivity index (χ0) is 19.3. The molecule has 1 aromatic heterocycles. The lowest BCUT2D eigenvalue weighted by atomic mass is 9.48. The van der Waals surface area contributed by atoms with Crippen LogP contribution in [0.4, 0.5) is 0 Å². The van der Waals surface area contributed by atoms with Crippen molar-refractivity contribution in [3.63, 3.8) is 0 Å². The number of nitrogens with zero attached hydrogens (tertiary/aromatic N) is 1. The van der Waals surface area contributed by atoms with Crippen LogP contribution in [0.3, 0.4) is 0 Å². The molecule has 0 amide bonds. The van der Waals surface area contributed by atoms with Gasteiger partial charge in [-0.15, -0.1) is 0 Å². The van der Waals surface area contributed by atoms with E-state index in [9.17, 15) is 9.59 Å². The molecule has 28 heavy (non-hydrogen) atoms. The Bertz CT molecular complexity index is 918. The summed E-state index contributed by atoms with van der Waals surface area (Å²) in [5, 5.41) is 0. The first-order valence-corrected chi connectivity index (χ1v) is 12.1. The van der Waals surface area contributed by atoms with E-state index in [1.165, 1.54) is 49.9 Å². The molecule has 150 valence electrons. The van der Waals surface area contributed by atoms with Crippen LogP contribution in [-0.2, 0) is 6.54 Å². The molecule has 0 atom stereocenters. The molecule has 4 saturated carbocycles. The van der Waals surface area contributed by atoms with E-state index in [0.717, 1.165) is 65.8 Å². The maximum atomic E-state index is 13.6. The molecule has 4 aliphatic carbocycles. The Hall–Kier alpha value is -1.42. The summed E-state index contributed by atoms with van der Waals surface area (Å²) < 4.78 is 2.89. The van der Waals surface area contributed by atoms with Crippen molar-refractivity contribution in [1.29, 1.82) is 0 Å². The molecule has 1 heterocycles. The molecule has 4 bridgehead atoms. The zero-order valence-corrected chi connectivity index (χ0v) is 17.7. The lowest BCUT2D eigenvalue weighted by molar-refractivity contribution is -0.0352. The number of Topliss-reactive ketones (excluding diaryl/α,β-unsaturated/α-hetero) is 1. The van der Waals surface area contributed by atoms with Crippen LogP contribution in [0.15, 0.2) is 23.0 Å². The lowest BCUT2D eigenvalue weighted by Gasteiger charge is -2.56. The third-order valence-corrected chi connectivity index (χ3v) is 8.63. The Labute approximate surface area is 171 Å². The van der Waals surface area contributed by atoms with E-state index in [4.69, 9.17) is 0 Å². The van der Waals surface area contributed by atoms with E-state index in [1.807, 2.05) is 22.8 Å². The van der Waals surface area contributed by atoms with Crippen molar-refractivity contribution in [2.75, 3.05) is 0 Å². The second-order valence-electron chi connectivity index (χ2n) is 9.79. The standard InChI is InChI=1S/C24H31NO2S/c1-2-3-4-5-8-25-20-7-6-19(12-21(20)28-23(25)27)22(26)24-13-16-9-17(14-24)11-18(10-16)15-24/h6-7,12,16-18H,2-5,8-11,13-15H2,1H3. The first kappa shape index (κ1) is 18.6. The minimum Gasteiger partial charge on any atom is -0.299 e. The van der Waals surface area contributed by atoms with Crippen LogP contribution < -0.4 is 4.87 Å². The maximum Gasteiger partial charge on any atom is 0.308 e. The van der Waals surface area contributed by atoms with Crippen molar-refractivity contribution >= 4 is 27.3 Å². The molecule has 4 heteroatoms. The van der Waals surface area contributed by atoms with E-state index < -0.39 is 0 Å².